The van der Waals surface area contributed by atoms with Crippen molar-refractivity contribution in [2.24, 2.45) is 5.92 Å². The lowest BCUT2D eigenvalue weighted by Crippen LogP contribution is -2.41. The predicted octanol–water partition coefficient (Wildman–Crippen LogP) is 4.18. The number of hydrogen-bond acceptors (Lipinski definition) is 5. The van der Waals surface area contributed by atoms with E-state index in [1.54, 1.807) is 22.5 Å². The standard InChI is InChI=1S/C26H30N4O3S/c1-19-6-9-22(10-7-19)27-26(31)21-5-4-14-29(18-21)25-13-8-20-17-23(11-12-24(20)28-25)34(32,33)30-15-2-3-16-30/h6-13,17,21H,2-5,14-16,18H2,1H3,(H,27,31)/t21-/m0/s1. The Balaban J connectivity index is 1.31. The van der Waals surface area contributed by atoms with Gasteiger partial charge in [0.2, 0.25) is 15.9 Å². The lowest BCUT2D eigenvalue weighted by atomic mass is 9.97. The van der Waals surface area contributed by atoms with Crippen LogP contribution in [-0.4, -0.2) is 49.8 Å². The van der Waals surface area contributed by atoms with Crippen molar-refractivity contribution in [3.05, 3.63) is 60.2 Å². The maximum absolute atomic E-state index is 12.9. The van der Waals surface area contributed by atoms with Crippen LogP contribution in [-0.2, 0) is 14.8 Å². The zero-order valence-corrected chi connectivity index (χ0v) is 20.2. The predicted molar refractivity (Wildman–Crippen MR) is 134 cm³/mol. The molecule has 3 heterocycles. The molecule has 2 saturated heterocycles. The third-order valence-corrected chi connectivity index (χ3v) is 8.68. The second-order valence-electron chi connectivity index (χ2n) is 9.28. The molecule has 0 spiro atoms. The summed E-state index contributed by atoms with van der Waals surface area (Å²) in [6.07, 6.45) is 3.59. The minimum absolute atomic E-state index is 0.0334. The molecule has 0 saturated carbocycles. The lowest BCUT2D eigenvalue weighted by Gasteiger charge is -2.33. The van der Waals surface area contributed by atoms with E-state index in [0.717, 1.165) is 60.2 Å². The van der Waals surface area contributed by atoms with Gasteiger partial charge in [-0.25, -0.2) is 13.4 Å². The van der Waals surface area contributed by atoms with Crippen LogP contribution in [0.4, 0.5) is 11.5 Å². The number of carbonyl (C=O) groups is 1. The molecule has 1 amide bonds. The van der Waals surface area contributed by atoms with Crippen molar-refractivity contribution < 1.29 is 13.2 Å². The Bertz CT molecular complexity index is 1300. The maximum Gasteiger partial charge on any atom is 0.243 e. The van der Waals surface area contributed by atoms with E-state index in [4.69, 9.17) is 4.98 Å². The molecule has 2 aliphatic rings. The minimum Gasteiger partial charge on any atom is -0.356 e. The van der Waals surface area contributed by atoms with Gasteiger partial charge < -0.3 is 10.2 Å². The number of hydrogen-bond donors (Lipinski definition) is 1. The Hall–Kier alpha value is -2.97. The Morgan fingerprint density at radius 1 is 0.971 bits per heavy atom. The van der Waals surface area contributed by atoms with Crippen LogP contribution in [0, 0.1) is 12.8 Å². The summed E-state index contributed by atoms with van der Waals surface area (Å²) in [5, 5.41) is 3.84. The van der Waals surface area contributed by atoms with Crippen molar-refractivity contribution in [3.63, 3.8) is 0 Å². The highest BCUT2D eigenvalue weighted by Crippen LogP contribution is 2.28. The number of amides is 1. The monoisotopic (exact) mass is 478 g/mol. The smallest absolute Gasteiger partial charge is 0.243 e. The molecule has 34 heavy (non-hydrogen) atoms. The third kappa shape index (κ3) is 4.65. The van der Waals surface area contributed by atoms with E-state index in [2.05, 4.69) is 10.2 Å². The topological polar surface area (TPSA) is 82.6 Å². The molecule has 0 unspecified atom stereocenters. The number of fused-ring (bicyclic) bond motifs is 1. The zero-order chi connectivity index (χ0) is 23.7. The van der Waals surface area contributed by atoms with Crippen LogP contribution in [0.3, 0.4) is 0 Å². The molecule has 1 atom stereocenters. The highest BCUT2D eigenvalue weighted by molar-refractivity contribution is 7.89. The van der Waals surface area contributed by atoms with E-state index in [-0.39, 0.29) is 11.8 Å². The van der Waals surface area contributed by atoms with E-state index in [1.807, 2.05) is 43.3 Å². The van der Waals surface area contributed by atoms with Crippen LogP contribution < -0.4 is 10.2 Å². The molecule has 1 aromatic heterocycles. The van der Waals surface area contributed by atoms with Crippen LogP contribution in [0.15, 0.2) is 59.5 Å². The molecule has 2 aliphatic heterocycles. The molecule has 0 radical (unpaired) electrons. The summed E-state index contributed by atoms with van der Waals surface area (Å²) in [7, 11) is -3.46. The van der Waals surface area contributed by atoms with E-state index in [1.165, 1.54) is 0 Å². The van der Waals surface area contributed by atoms with E-state index < -0.39 is 10.0 Å². The fraction of sp³-hybridized carbons (Fsp3) is 0.385. The van der Waals surface area contributed by atoms with Crippen LogP contribution in [0.5, 0.6) is 0 Å². The van der Waals surface area contributed by atoms with Gasteiger partial charge in [-0.2, -0.15) is 4.31 Å². The van der Waals surface area contributed by atoms with Gasteiger partial charge in [0.1, 0.15) is 5.82 Å². The number of benzene rings is 2. The van der Waals surface area contributed by atoms with Gasteiger partial charge in [-0.15, -0.1) is 0 Å². The third-order valence-electron chi connectivity index (χ3n) is 6.78. The second-order valence-corrected chi connectivity index (χ2v) is 11.2. The van der Waals surface area contributed by atoms with Crippen molar-refractivity contribution in [1.82, 2.24) is 9.29 Å². The molecule has 2 fully saturated rings. The van der Waals surface area contributed by atoms with Crippen LogP contribution in [0.1, 0.15) is 31.2 Å². The fourth-order valence-electron chi connectivity index (χ4n) is 4.79. The average Bonchev–Trinajstić information content (AvgIpc) is 3.41. The summed E-state index contributed by atoms with van der Waals surface area (Å²) in [6.45, 7) is 4.65. The largest absolute Gasteiger partial charge is 0.356 e. The first-order valence-corrected chi connectivity index (χ1v) is 13.4. The molecule has 2 aromatic carbocycles. The molecule has 0 bridgehead atoms. The number of anilines is 2. The van der Waals surface area contributed by atoms with Gasteiger partial charge in [0.05, 0.1) is 16.3 Å². The van der Waals surface area contributed by atoms with Gasteiger partial charge >= 0.3 is 0 Å². The van der Waals surface area contributed by atoms with Crippen molar-refractivity contribution in [2.75, 3.05) is 36.4 Å². The molecule has 1 N–H and O–H groups in total. The number of piperidine rings is 1. The van der Waals surface area contributed by atoms with Gasteiger partial charge in [-0.3, -0.25) is 4.79 Å². The van der Waals surface area contributed by atoms with Crippen LogP contribution in [0.2, 0.25) is 0 Å². The maximum atomic E-state index is 12.9. The van der Waals surface area contributed by atoms with E-state index in [0.29, 0.717) is 24.5 Å². The summed E-state index contributed by atoms with van der Waals surface area (Å²) in [5.41, 5.74) is 2.73. The molecule has 178 valence electrons. The number of carbonyl (C=O) groups excluding carboxylic acids is 1. The van der Waals surface area contributed by atoms with E-state index in [9.17, 15) is 13.2 Å². The van der Waals surface area contributed by atoms with Gasteiger partial charge in [0, 0.05) is 37.3 Å². The Morgan fingerprint density at radius 3 is 2.50 bits per heavy atom. The number of rotatable bonds is 5. The summed E-state index contributed by atoms with van der Waals surface area (Å²) in [5.74, 6) is 0.738. The van der Waals surface area contributed by atoms with Gasteiger partial charge in [0.15, 0.2) is 0 Å². The minimum atomic E-state index is -3.46. The fourth-order valence-corrected chi connectivity index (χ4v) is 6.34. The summed E-state index contributed by atoms with van der Waals surface area (Å²) >= 11 is 0. The Morgan fingerprint density at radius 2 is 1.74 bits per heavy atom. The number of nitrogens with zero attached hydrogens (tertiary/aromatic N) is 3. The number of aromatic nitrogens is 1. The Labute approximate surface area is 200 Å². The Kier molecular flexibility index (Phi) is 6.27. The van der Waals surface area contributed by atoms with Crippen LogP contribution >= 0.6 is 0 Å². The average molecular weight is 479 g/mol. The second kappa shape index (κ2) is 9.35. The first-order chi connectivity index (χ1) is 16.4. The summed E-state index contributed by atoms with van der Waals surface area (Å²) in [4.78, 5) is 20.1. The number of pyridine rings is 1. The normalized spacial score (nSPS) is 19.4. The molecule has 7 nitrogen and oxygen atoms in total. The lowest BCUT2D eigenvalue weighted by molar-refractivity contribution is -0.120. The zero-order valence-electron chi connectivity index (χ0n) is 19.4. The molecular weight excluding hydrogens is 448 g/mol. The first-order valence-electron chi connectivity index (χ1n) is 11.9. The van der Waals surface area contributed by atoms with Crippen molar-refractivity contribution in [2.45, 2.75) is 37.5 Å². The van der Waals surface area contributed by atoms with Gasteiger partial charge in [-0.05, 0) is 75.1 Å². The summed E-state index contributed by atoms with van der Waals surface area (Å²) < 4.78 is 27.4. The van der Waals surface area contributed by atoms with Crippen molar-refractivity contribution in [1.29, 1.82) is 0 Å². The van der Waals surface area contributed by atoms with Crippen LogP contribution in [0.25, 0.3) is 10.9 Å². The van der Waals surface area contributed by atoms with Gasteiger partial charge in [0.25, 0.3) is 0 Å². The molecular formula is C26H30N4O3S. The van der Waals surface area contributed by atoms with Crippen molar-refractivity contribution in [3.8, 4) is 0 Å². The van der Waals surface area contributed by atoms with E-state index >= 15 is 0 Å². The van der Waals surface area contributed by atoms with Gasteiger partial charge in [-0.1, -0.05) is 17.7 Å². The molecule has 5 rings (SSSR count). The molecule has 8 heteroatoms. The number of nitrogens with one attached hydrogen (secondary N) is 1. The molecule has 0 aliphatic carbocycles. The van der Waals surface area contributed by atoms with Crippen molar-refractivity contribution >= 4 is 38.3 Å². The number of sulfonamides is 1. The highest BCUT2D eigenvalue weighted by Gasteiger charge is 2.28. The molecule has 3 aromatic rings. The summed E-state index contributed by atoms with van der Waals surface area (Å²) in [6, 6.07) is 16.8. The quantitative estimate of drug-likeness (QED) is 0.595. The number of aryl methyl sites for hydroxylation is 1. The SMILES string of the molecule is Cc1ccc(NC(=O)[C@H]2CCCN(c3ccc4cc(S(=O)(=O)N5CCCC5)ccc4n3)C2)cc1. The first kappa shape index (κ1) is 22.8. The highest BCUT2D eigenvalue weighted by atomic mass is 32.2.